The maximum Gasteiger partial charge on any atom is 0.254 e. The molecule has 0 bridgehead atoms. The number of amides is 1. The van der Waals surface area contributed by atoms with Crippen molar-refractivity contribution < 1.29 is 9.18 Å². The summed E-state index contributed by atoms with van der Waals surface area (Å²) in [7, 11) is 0. The third-order valence-corrected chi connectivity index (χ3v) is 7.66. The molecular formula is C32H28ClFN4O. The molecule has 0 N–H and O–H groups in total. The number of rotatable bonds is 5. The van der Waals surface area contributed by atoms with Crippen molar-refractivity contribution in [2.75, 3.05) is 26.2 Å². The highest BCUT2D eigenvalue weighted by atomic mass is 35.5. The summed E-state index contributed by atoms with van der Waals surface area (Å²) >= 11 is 6.53. The van der Waals surface area contributed by atoms with E-state index >= 15 is 0 Å². The minimum absolute atomic E-state index is 0.131. The number of nitrogens with zero attached hydrogens (tertiary/aromatic N) is 4. The Bertz CT molecular complexity index is 1660. The molecule has 1 aliphatic heterocycles. The van der Waals surface area contributed by atoms with E-state index < -0.39 is 5.82 Å². The molecule has 0 atom stereocenters. The summed E-state index contributed by atoms with van der Waals surface area (Å²) in [6.07, 6.45) is 2.11. The van der Waals surface area contributed by atoms with Gasteiger partial charge in [0.1, 0.15) is 11.5 Å². The van der Waals surface area contributed by atoms with Gasteiger partial charge in [-0.3, -0.25) is 9.69 Å². The van der Waals surface area contributed by atoms with E-state index in [1.165, 1.54) is 17.7 Å². The van der Waals surface area contributed by atoms with Gasteiger partial charge in [-0.2, -0.15) is 0 Å². The molecule has 0 aliphatic carbocycles. The fraction of sp³-hybridized carbons (Fsp3) is 0.188. The Kier molecular flexibility index (Phi) is 6.90. The van der Waals surface area contributed by atoms with Crippen LogP contribution in [-0.2, 0) is 6.54 Å². The van der Waals surface area contributed by atoms with Crippen LogP contribution >= 0.6 is 11.6 Å². The second kappa shape index (κ2) is 10.6. The Morgan fingerprint density at radius 3 is 2.38 bits per heavy atom. The van der Waals surface area contributed by atoms with E-state index in [9.17, 15) is 9.18 Å². The van der Waals surface area contributed by atoms with Gasteiger partial charge in [0.25, 0.3) is 5.91 Å². The van der Waals surface area contributed by atoms with Gasteiger partial charge < -0.3 is 9.30 Å². The summed E-state index contributed by atoms with van der Waals surface area (Å²) in [4.78, 5) is 22.1. The SMILES string of the molecule is Cc1ccc(-c2nc3ccc(-c4ccccc4Cl)cn3c2CN2CCN(C(=O)c3cccc(F)c3)CC2)cc1. The Hall–Kier alpha value is -4.00. The Balaban J connectivity index is 1.31. The first kappa shape index (κ1) is 25.3. The molecule has 3 aromatic carbocycles. The number of halogens is 2. The number of piperazine rings is 1. The monoisotopic (exact) mass is 538 g/mol. The van der Waals surface area contributed by atoms with Crippen molar-refractivity contribution in [3.63, 3.8) is 0 Å². The molecule has 0 spiro atoms. The van der Waals surface area contributed by atoms with Crippen LogP contribution in [-0.4, -0.2) is 51.3 Å². The lowest BCUT2D eigenvalue weighted by Gasteiger charge is -2.34. The number of carbonyl (C=O) groups excluding carboxylic acids is 1. The van der Waals surface area contributed by atoms with E-state index in [1.807, 2.05) is 30.3 Å². The molecule has 196 valence electrons. The number of fused-ring (bicyclic) bond motifs is 1. The zero-order chi connectivity index (χ0) is 26.9. The Morgan fingerprint density at radius 1 is 0.897 bits per heavy atom. The van der Waals surface area contributed by atoms with E-state index in [-0.39, 0.29) is 5.91 Å². The molecule has 7 heteroatoms. The first-order valence-electron chi connectivity index (χ1n) is 13.1. The van der Waals surface area contributed by atoms with Crippen LogP contribution in [0.25, 0.3) is 28.0 Å². The quantitative estimate of drug-likeness (QED) is 0.249. The van der Waals surface area contributed by atoms with Gasteiger partial charge in [0.15, 0.2) is 0 Å². The van der Waals surface area contributed by atoms with Crippen LogP contribution in [0.15, 0.2) is 91.1 Å². The highest BCUT2D eigenvalue weighted by Gasteiger charge is 2.25. The van der Waals surface area contributed by atoms with E-state index in [1.54, 1.807) is 17.0 Å². The summed E-state index contributed by atoms with van der Waals surface area (Å²) in [6, 6.07) is 26.3. The van der Waals surface area contributed by atoms with Gasteiger partial charge >= 0.3 is 0 Å². The zero-order valence-corrected chi connectivity index (χ0v) is 22.4. The van der Waals surface area contributed by atoms with Crippen molar-refractivity contribution in [1.82, 2.24) is 19.2 Å². The van der Waals surface area contributed by atoms with Crippen molar-refractivity contribution >= 4 is 23.2 Å². The van der Waals surface area contributed by atoms with E-state index in [0.717, 1.165) is 33.7 Å². The van der Waals surface area contributed by atoms with Crippen LogP contribution in [0.2, 0.25) is 5.02 Å². The Morgan fingerprint density at radius 2 is 1.64 bits per heavy atom. The Labute approximate surface area is 232 Å². The molecule has 1 fully saturated rings. The predicted octanol–water partition coefficient (Wildman–Crippen LogP) is 6.73. The second-order valence-electron chi connectivity index (χ2n) is 9.98. The normalized spacial score (nSPS) is 14.2. The molecule has 2 aromatic heterocycles. The highest BCUT2D eigenvalue weighted by molar-refractivity contribution is 6.33. The fourth-order valence-corrected chi connectivity index (χ4v) is 5.41. The largest absolute Gasteiger partial charge is 0.336 e. The van der Waals surface area contributed by atoms with Crippen molar-refractivity contribution in [2.24, 2.45) is 0 Å². The van der Waals surface area contributed by atoms with Gasteiger partial charge in [-0.25, -0.2) is 9.37 Å². The lowest BCUT2D eigenvalue weighted by atomic mass is 10.1. The summed E-state index contributed by atoms with van der Waals surface area (Å²) in [6.45, 7) is 5.35. The topological polar surface area (TPSA) is 40.9 Å². The van der Waals surface area contributed by atoms with Crippen molar-refractivity contribution in [3.8, 4) is 22.4 Å². The first-order chi connectivity index (χ1) is 19.0. The maximum absolute atomic E-state index is 13.7. The number of hydrogen-bond acceptors (Lipinski definition) is 3. The number of imidazole rings is 1. The van der Waals surface area contributed by atoms with Crippen molar-refractivity contribution in [1.29, 1.82) is 0 Å². The molecule has 5 nitrogen and oxygen atoms in total. The van der Waals surface area contributed by atoms with Crippen LogP contribution in [0.3, 0.4) is 0 Å². The number of pyridine rings is 1. The molecule has 1 saturated heterocycles. The molecule has 0 unspecified atom stereocenters. The van der Waals surface area contributed by atoms with Gasteiger partial charge in [-0.05, 0) is 48.9 Å². The fourth-order valence-electron chi connectivity index (χ4n) is 5.17. The maximum atomic E-state index is 13.7. The van der Waals surface area contributed by atoms with Crippen LogP contribution in [0, 0.1) is 12.7 Å². The summed E-state index contributed by atoms with van der Waals surface area (Å²) in [5.41, 5.74) is 7.56. The summed E-state index contributed by atoms with van der Waals surface area (Å²) < 4.78 is 15.8. The third-order valence-electron chi connectivity index (χ3n) is 7.33. The second-order valence-corrected chi connectivity index (χ2v) is 10.4. The summed E-state index contributed by atoms with van der Waals surface area (Å²) in [5, 5.41) is 0.705. The third kappa shape index (κ3) is 5.18. The van der Waals surface area contributed by atoms with Crippen LogP contribution in [0.5, 0.6) is 0 Å². The molecule has 6 rings (SSSR count). The standard InChI is InChI=1S/C32H28ClFN4O/c1-22-9-11-23(12-10-22)31-29(38-20-25(13-14-30(38)35-31)27-7-2-3-8-28(27)33)21-36-15-17-37(18-16-36)32(39)24-5-4-6-26(34)19-24/h2-14,19-20H,15-18,21H2,1H3. The molecule has 3 heterocycles. The van der Waals surface area contributed by atoms with Crippen LogP contribution in [0.1, 0.15) is 21.6 Å². The lowest BCUT2D eigenvalue weighted by Crippen LogP contribution is -2.48. The van der Waals surface area contributed by atoms with Gasteiger partial charge in [0.2, 0.25) is 0 Å². The number of aryl methyl sites for hydroxylation is 1. The smallest absolute Gasteiger partial charge is 0.254 e. The lowest BCUT2D eigenvalue weighted by molar-refractivity contribution is 0.0626. The summed E-state index contributed by atoms with van der Waals surface area (Å²) in [5.74, 6) is -0.527. The molecule has 0 radical (unpaired) electrons. The molecule has 39 heavy (non-hydrogen) atoms. The van der Waals surface area contributed by atoms with Gasteiger partial charge in [0, 0.05) is 60.6 Å². The highest BCUT2D eigenvalue weighted by Crippen LogP contribution is 2.31. The number of carbonyl (C=O) groups is 1. The number of aromatic nitrogens is 2. The first-order valence-corrected chi connectivity index (χ1v) is 13.4. The molecule has 5 aromatic rings. The molecule has 1 aliphatic rings. The predicted molar refractivity (Wildman–Crippen MR) is 153 cm³/mol. The van der Waals surface area contributed by atoms with Crippen molar-refractivity contribution in [2.45, 2.75) is 13.5 Å². The van der Waals surface area contributed by atoms with Gasteiger partial charge in [-0.15, -0.1) is 0 Å². The van der Waals surface area contributed by atoms with Crippen LogP contribution < -0.4 is 0 Å². The van der Waals surface area contributed by atoms with E-state index in [2.05, 4.69) is 52.8 Å². The minimum atomic E-state index is -0.396. The van der Waals surface area contributed by atoms with Crippen molar-refractivity contribution in [3.05, 3.63) is 119 Å². The molecule has 1 amide bonds. The number of hydrogen-bond donors (Lipinski definition) is 0. The minimum Gasteiger partial charge on any atom is -0.336 e. The van der Waals surface area contributed by atoms with E-state index in [0.29, 0.717) is 43.3 Å². The molecular weight excluding hydrogens is 511 g/mol. The van der Waals surface area contributed by atoms with E-state index in [4.69, 9.17) is 16.6 Å². The average Bonchev–Trinajstić information content (AvgIpc) is 3.31. The van der Waals surface area contributed by atoms with Crippen LogP contribution in [0.4, 0.5) is 4.39 Å². The molecule has 0 saturated carbocycles. The average molecular weight is 539 g/mol. The van der Waals surface area contributed by atoms with Gasteiger partial charge in [0.05, 0.1) is 11.4 Å². The van der Waals surface area contributed by atoms with Gasteiger partial charge in [-0.1, -0.05) is 65.7 Å². The zero-order valence-electron chi connectivity index (χ0n) is 21.6. The number of benzene rings is 3.